The van der Waals surface area contributed by atoms with E-state index in [9.17, 15) is 43.2 Å². The van der Waals surface area contributed by atoms with E-state index in [1.54, 1.807) is 0 Å². The van der Waals surface area contributed by atoms with Crippen molar-refractivity contribution in [3.63, 3.8) is 0 Å². The molecule has 0 aliphatic heterocycles. The van der Waals surface area contributed by atoms with Crippen molar-refractivity contribution in [1.29, 1.82) is 0 Å². The Hall–Kier alpha value is -1.94. The fourth-order valence-electron chi connectivity index (χ4n) is 11.3. The molecule has 0 aliphatic rings. The summed E-state index contributed by atoms with van der Waals surface area (Å²) < 4.78 is 68.4. The van der Waals surface area contributed by atoms with Crippen LogP contribution < -0.4 is 0 Å². The van der Waals surface area contributed by atoms with E-state index in [0.29, 0.717) is 25.7 Å². The van der Waals surface area contributed by atoms with Gasteiger partial charge in [-0.1, -0.05) is 336 Å². The zero-order valence-corrected chi connectivity index (χ0v) is 62.2. The molecule has 6 atom stereocenters. The van der Waals surface area contributed by atoms with E-state index in [1.165, 1.54) is 205 Å². The van der Waals surface area contributed by atoms with Gasteiger partial charge in [-0.2, -0.15) is 0 Å². The second kappa shape index (κ2) is 67.3. The maximum Gasteiger partial charge on any atom is 0.472 e. The fourth-order valence-corrected chi connectivity index (χ4v) is 12.9. The van der Waals surface area contributed by atoms with Crippen LogP contribution in [0.15, 0.2) is 0 Å². The normalized spacial score (nSPS) is 14.3. The molecule has 0 amide bonds. The number of aliphatic hydroxyl groups is 1. The van der Waals surface area contributed by atoms with Crippen molar-refractivity contribution in [2.24, 2.45) is 5.92 Å². The van der Waals surface area contributed by atoms with E-state index < -0.39 is 97.5 Å². The number of carbonyl (C=O) groups excluding carboxylic acids is 4. The second-order valence-electron chi connectivity index (χ2n) is 26.9. The smallest absolute Gasteiger partial charge is 0.462 e. The quantitative estimate of drug-likeness (QED) is 0.0222. The number of unbranched alkanes of at least 4 members (excludes halogenated alkanes) is 45. The van der Waals surface area contributed by atoms with E-state index in [1.807, 2.05) is 0 Å². The van der Waals surface area contributed by atoms with Crippen molar-refractivity contribution in [3.8, 4) is 0 Å². The van der Waals surface area contributed by atoms with E-state index in [-0.39, 0.29) is 25.7 Å². The third kappa shape index (κ3) is 67.0. The van der Waals surface area contributed by atoms with Crippen molar-refractivity contribution in [3.05, 3.63) is 0 Å². The van der Waals surface area contributed by atoms with Crippen LogP contribution in [0.4, 0.5) is 0 Å². The molecule has 0 aromatic rings. The zero-order chi connectivity index (χ0) is 68.4. The number of phosphoric acid groups is 2. The summed E-state index contributed by atoms with van der Waals surface area (Å²) in [5.74, 6) is -1.35. The van der Waals surface area contributed by atoms with Crippen LogP contribution in [-0.2, 0) is 65.4 Å². The standard InChI is InChI=1S/C74H144O17P2/c1-6-10-13-16-19-22-24-26-27-28-29-30-31-32-34-36-38-44-49-54-59-73(78)90-70(64-85-72(77)58-53-48-43-37-35-33-25-23-20-17-14-11-7-2)66-89-93(82,83)87-62-68(75)61-86-92(80,81)88-65-69(63-84-71(76)57-52-47-42-21-18-15-12-8-3)91-74(79)60-55-50-45-40-39-41-46-51-56-67(5)9-4/h67-70,75H,6-66H2,1-5H3,(H,80,81)(H,82,83)/t67?,68-,69+,70+/m0/s1. The van der Waals surface area contributed by atoms with Gasteiger partial charge in [-0.15, -0.1) is 0 Å². The second-order valence-corrected chi connectivity index (χ2v) is 29.8. The lowest BCUT2D eigenvalue weighted by Gasteiger charge is -2.21. The molecule has 3 unspecified atom stereocenters. The maximum atomic E-state index is 13.1. The van der Waals surface area contributed by atoms with Crippen LogP contribution >= 0.6 is 15.6 Å². The van der Waals surface area contributed by atoms with Gasteiger partial charge in [-0.05, 0) is 31.6 Å². The van der Waals surface area contributed by atoms with Crippen LogP contribution in [0.5, 0.6) is 0 Å². The number of carbonyl (C=O) groups is 4. The molecule has 0 fully saturated rings. The van der Waals surface area contributed by atoms with Crippen LogP contribution in [-0.4, -0.2) is 96.7 Å². The van der Waals surface area contributed by atoms with Crippen molar-refractivity contribution < 1.29 is 80.2 Å². The lowest BCUT2D eigenvalue weighted by molar-refractivity contribution is -0.161. The molecule has 19 heteroatoms. The summed E-state index contributed by atoms with van der Waals surface area (Å²) in [6, 6.07) is 0. The number of hydrogen-bond donors (Lipinski definition) is 3. The van der Waals surface area contributed by atoms with Gasteiger partial charge in [0.05, 0.1) is 26.4 Å². The van der Waals surface area contributed by atoms with Crippen molar-refractivity contribution in [1.82, 2.24) is 0 Å². The Bertz CT molecular complexity index is 1790. The molecule has 0 spiro atoms. The van der Waals surface area contributed by atoms with E-state index in [0.717, 1.165) is 102 Å². The highest BCUT2D eigenvalue weighted by molar-refractivity contribution is 7.47. The van der Waals surface area contributed by atoms with Gasteiger partial charge >= 0.3 is 39.5 Å². The van der Waals surface area contributed by atoms with Gasteiger partial charge in [-0.25, -0.2) is 9.13 Å². The Kier molecular flexibility index (Phi) is 65.9. The van der Waals surface area contributed by atoms with Crippen LogP contribution in [0.25, 0.3) is 0 Å². The molecule has 552 valence electrons. The Labute approximate surface area is 568 Å². The molecular weight excluding hydrogens is 1220 g/mol. The van der Waals surface area contributed by atoms with Crippen LogP contribution in [0.3, 0.4) is 0 Å². The van der Waals surface area contributed by atoms with Gasteiger partial charge in [0.25, 0.3) is 0 Å². The molecule has 0 radical (unpaired) electrons. The SMILES string of the molecule is CCCCCCCCCCCCCCCCCCCCCCC(=O)O[C@H](COC(=O)CCCCCCCCCCCCCCC)COP(=O)(O)OC[C@@H](O)COP(=O)(O)OC[C@@H](COC(=O)CCCCCCCCCC)OC(=O)CCCCCCCCCCC(C)CC. The summed E-state index contributed by atoms with van der Waals surface area (Å²) in [4.78, 5) is 72.6. The highest BCUT2D eigenvalue weighted by Gasteiger charge is 2.30. The van der Waals surface area contributed by atoms with Crippen molar-refractivity contribution >= 4 is 39.5 Å². The van der Waals surface area contributed by atoms with Gasteiger partial charge in [-0.3, -0.25) is 37.3 Å². The number of hydrogen-bond acceptors (Lipinski definition) is 15. The number of ether oxygens (including phenoxy) is 4. The van der Waals surface area contributed by atoms with E-state index >= 15 is 0 Å². The van der Waals surface area contributed by atoms with Gasteiger partial charge in [0, 0.05) is 25.7 Å². The predicted molar refractivity (Wildman–Crippen MR) is 377 cm³/mol. The Balaban J connectivity index is 5.19. The lowest BCUT2D eigenvalue weighted by Crippen LogP contribution is -2.30. The minimum Gasteiger partial charge on any atom is -0.462 e. The first-order valence-electron chi connectivity index (χ1n) is 38.7. The zero-order valence-electron chi connectivity index (χ0n) is 60.4. The van der Waals surface area contributed by atoms with Gasteiger partial charge in [0.15, 0.2) is 12.2 Å². The Morgan fingerprint density at radius 2 is 0.516 bits per heavy atom. The van der Waals surface area contributed by atoms with Crippen LogP contribution in [0.1, 0.15) is 388 Å². The average molecular weight is 1370 g/mol. The predicted octanol–water partition coefficient (Wildman–Crippen LogP) is 21.7. The number of phosphoric ester groups is 2. The van der Waals surface area contributed by atoms with Crippen molar-refractivity contribution in [2.45, 2.75) is 406 Å². The van der Waals surface area contributed by atoms with Gasteiger partial charge in [0.2, 0.25) is 0 Å². The molecular formula is C74H144O17P2. The minimum absolute atomic E-state index is 0.105. The molecule has 17 nitrogen and oxygen atoms in total. The van der Waals surface area contributed by atoms with Crippen LogP contribution in [0, 0.1) is 5.92 Å². The maximum absolute atomic E-state index is 13.1. The van der Waals surface area contributed by atoms with Crippen molar-refractivity contribution in [2.75, 3.05) is 39.6 Å². The molecule has 0 saturated heterocycles. The summed E-state index contributed by atoms with van der Waals surface area (Å²) in [5.41, 5.74) is 0. The Morgan fingerprint density at radius 1 is 0.301 bits per heavy atom. The van der Waals surface area contributed by atoms with Gasteiger partial charge in [0.1, 0.15) is 19.3 Å². The highest BCUT2D eigenvalue weighted by Crippen LogP contribution is 2.45. The topological polar surface area (TPSA) is 237 Å². The van der Waals surface area contributed by atoms with E-state index in [2.05, 4.69) is 34.6 Å². The Morgan fingerprint density at radius 3 is 0.763 bits per heavy atom. The number of aliphatic hydroxyl groups excluding tert-OH is 1. The largest absolute Gasteiger partial charge is 0.472 e. The molecule has 0 rings (SSSR count). The first-order valence-corrected chi connectivity index (χ1v) is 41.7. The average Bonchev–Trinajstić information content (AvgIpc) is 1.59. The summed E-state index contributed by atoms with van der Waals surface area (Å²) in [5, 5.41) is 10.6. The lowest BCUT2D eigenvalue weighted by atomic mass is 9.99. The molecule has 0 aromatic carbocycles. The number of rotatable bonds is 74. The summed E-state index contributed by atoms with van der Waals surface area (Å²) in [6.45, 7) is 7.25. The molecule has 0 aromatic heterocycles. The fraction of sp³-hybridized carbons (Fsp3) is 0.946. The molecule has 0 aliphatic carbocycles. The molecule has 93 heavy (non-hydrogen) atoms. The van der Waals surface area contributed by atoms with Gasteiger partial charge < -0.3 is 33.8 Å². The first kappa shape index (κ1) is 91.1. The summed E-state index contributed by atoms with van der Waals surface area (Å²) in [7, 11) is -9.90. The number of esters is 4. The summed E-state index contributed by atoms with van der Waals surface area (Å²) in [6.07, 6.45) is 55.5. The highest BCUT2D eigenvalue weighted by atomic mass is 31.2. The molecule has 3 N–H and O–H groups in total. The first-order chi connectivity index (χ1) is 45.1. The monoisotopic (exact) mass is 1370 g/mol. The third-order valence-electron chi connectivity index (χ3n) is 17.6. The third-order valence-corrected chi connectivity index (χ3v) is 19.5. The van der Waals surface area contributed by atoms with E-state index in [4.69, 9.17) is 37.0 Å². The molecule has 0 heterocycles. The van der Waals surface area contributed by atoms with Crippen LogP contribution in [0.2, 0.25) is 0 Å². The molecule has 0 bridgehead atoms. The minimum atomic E-state index is -4.95. The molecule has 0 saturated carbocycles. The summed E-state index contributed by atoms with van der Waals surface area (Å²) >= 11 is 0.